The zero-order valence-electron chi connectivity index (χ0n) is 10.2. The summed E-state index contributed by atoms with van der Waals surface area (Å²) in [4.78, 5) is 2.55. The Morgan fingerprint density at radius 3 is 2.53 bits per heavy atom. The van der Waals surface area contributed by atoms with Crippen LogP contribution in [0, 0.1) is 19.8 Å². The molecular formula is C12H24N2Zn-2. The van der Waals surface area contributed by atoms with Crippen LogP contribution in [0.2, 0.25) is 0 Å². The van der Waals surface area contributed by atoms with Gasteiger partial charge in [0.2, 0.25) is 0 Å². The summed E-state index contributed by atoms with van der Waals surface area (Å²) in [7, 11) is 0. The van der Waals surface area contributed by atoms with Gasteiger partial charge in [0.25, 0.3) is 0 Å². The van der Waals surface area contributed by atoms with Crippen molar-refractivity contribution in [3.63, 3.8) is 0 Å². The van der Waals surface area contributed by atoms with Gasteiger partial charge in [-0.3, -0.25) is 4.90 Å². The molecule has 0 aliphatic carbocycles. The molecule has 1 aliphatic rings. The number of hydrogen-bond donors (Lipinski definition) is 1. The Morgan fingerprint density at radius 2 is 2.07 bits per heavy atom. The molecule has 0 aromatic rings. The predicted octanol–water partition coefficient (Wildman–Crippen LogP) is 1.31. The van der Waals surface area contributed by atoms with E-state index in [9.17, 15) is 0 Å². The van der Waals surface area contributed by atoms with Crippen LogP contribution in [0.4, 0.5) is 0 Å². The summed E-state index contributed by atoms with van der Waals surface area (Å²) in [6.45, 7) is 14.8. The number of piperazine rings is 1. The van der Waals surface area contributed by atoms with E-state index in [2.05, 4.69) is 36.1 Å². The fourth-order valence-electron chi connectivity index (χ4n) is 1.81. The van der Waals surface area contributed by atoms with Gasteiger partial charge in [-0.25, -0.2) is 0 Å². The van der Waals surface area contributed by atoms with Gasteiger partial charge in [0.1, 0.15) is 0 Å². The second-order valence-corrected chi connectivity index (χ2v) is 3.99. The maximum absolute atomic E-state index is 3.97. The van der Waals surface area contributed by atoms with Gasteiger partial charge in [0.05, 0.1) is 0 Å². The van der Waals surface area contributed by atoms with E-state index in [1.807, 2.05) is 0 Å². The van der Waals surface area contributed by atoms with Crippen molar-refractivity contribution in [3.05, 3.63) is 13.8 Å². The van der Waals surface area contributed by atoms with Crippen LogP contribution >= 0.6 is 0 Å². The minimum atomic E-state index is 0.675. The summed E-state index contributed by atoms with van der Waals surface area (Å²) < 4.78 is 0. The van der Waals surface area contributed by atoms with Crippen LogP contribution in [0.15, 0.2) is 0 Å². The molecule has 15 heavy (non-hydrogen) atoms. The molecule has 1 rings (SSSR count). The van der Waals surface area contributed by atoms with Crippen molar-refractivity contribution in [1.29, 1.82) is 0 Å². The first kappa shape index (κ1) is 15.4. The molecule has 1 N–H and O–H groups in total. The van der Waals surface area contributed by atoms with Crippen LogP contribution in [-0.2, 0) is 17.9 Å². The van der Waals surface area contributed by atoms with Crippen molar-refractivity contribution < 1.29 is 17.9 Å². The fourth-order valence-corrected chi connectivity index (χ4v) is 1.81. The predicted molar refractivity (Wildman–Crippen MR) is 64.5 cm³/mol. The minimum absolute atomic E-state index is 0.675. The van der Waals surface area contributed by atoms with E-state index < -0.39 is 0 Å². The van der Waals surface area contributed by atoms with Crippen molar-refractivity contribution in [1.82, 2.24) is 10.2 Å². The molecular weight excluding hydrogens is 238 g/mol. The Labute approximate surface area is 105 Å². The van der Waals surface area contributed by atoms with Crippen LogP contribution in [0.3, 0.4) is 0 Å². The van der Waals surface area contributed by atoms with Crippen molar-refractivity contribution >= 4 is 5.11 Å². The van der Waals surface area contributed by atoms with Gasteiger partial charge < -0.3 is 19.2 Å². The second-order valence-electron chi connectivity index (χ2n) is 3.99. The van der Waals surface area contributed by atoms with Gasteiger partial charge >= 0.3 is 23.0 Å². The van der Waals surface area contributed by atoms with E-state index in [-0.39, 0.29) is 0 Å². The Balaban J connectivity index is 0.000000921. The van der Waals surface area contributed by atoms with Crippen molar-refractivity contribution in [3.8, 4) is 0 Å². The Kier molecular flexibility index (Phi) is 9.89. The van der Waals surface area contributed by atoms with Crippen LogP contribution < -0.4 is 5.32 Å². The normalized spacial score (nSPS) is 22.4. The van der Waals surface area contributed by atoms with Gasteiger partial charge in [-0.15, -0.1) is 0 Å². The number of rotatable bonds is 4. The fraction of sp³-hybridized carbons (Fsp3) is 0.750. The second kappa shape index (κ2) is 9.63. The first-order valence-electron chi connectivity index (χ1n) is 5.81. The third kappa shape index (κ3) is 5.89. The molecule has 0 aromatic heterocycles. The summed E-state index contributed by atoms with van der Waals surface area (Å²) >= 11 is 1.12. The zero-order chi connectivity index (χ0) is 11.7. The van der Waals surface area contributed by atoms with Crippen LogP contribution in [0.25, 0.3) is 0 Å². The third-order valence-electron chi connectivity index (χ3n) is 2.95. The molecule has 1 fully saturated rings. The van der Waals surface area contributed by atoms with E-state index >= 15 is 0 Å². The zero-order valence-corrected chi connectivity index (χ0v) is 13.1. The standard InChI is InChI=1S/C11H22N2.CH2.Zn/c1-4-11(5-2)9-13-7-6-12-8-10(13)3;;/h10-12H,1-2,4-9H2,3H3;1H2;/q-2;;/t10-;;/m0../s1. The van der Waals surface area contributed by atoms with Gasteiger partial charge in [-0.1, -0.05) is 5.92 Å². The molecule has 0 radical (unpaired) electrons. The average Bonchev–Trinajstić information content (AvgIpc) is 2.31. The van der Waals surface area contributed by atoms with E-state index in [0.717, 1.165) is 43.8 Å². The first-order valence-corrected chi connectivity index (χ1v) is 7.91. The molecule has 1 aliphatic heterocycles. The Bertz CT molecular complexity index is 149. The SMILES string of the molecule is [CH2-]CC(C[CH2-])CN1CCNC[C@@H]1C.[CH2]=[Zn]. The molecule has 0 saturated carbocycles. The molecule has 0 amide bonds. The summed E-state index contributed by atoms with van der Waals surface area (Å²) in [6, 6.07) is 0.675. The van der Waals surface area contributed by atoms with Crippen molar-refractivity contribution in [2.24, 2.45) is 5.92 Å². The molecule has 0 bridgehead atoms. The van der Waals surface area contributed by atoms with E-state index in [1.54, 1.807) is 0 Å². The average molecular weight is 262 g/mol. The molecule has 1 heterocycles. The first-order chi connectivity index (χ1) is 7.27. The Morgan fingerprint density at radius 1 is 1.47 bits per heavy atom. The van der Waals surface area contributed by atoms with Crippen LogP contribution in [0.5, 0.6) is 0 Å². The van der Waals surface area contributed by atoms with Crippen molar-refractivity contribution in [2.45, 2.75) is 25.8 Å². The third-order valence-corrected chi connectivity index (χ3v) is 2.95. The summed E-state index contributed by atoms with van der Waals surface area (Å²) in [5.41, 5.74) is 0. The molecule has 0 unspecified atom stereocenters. The number of nitrogens with zero attached hydrogens (tertiary/aromatic N) is 1. The molecule has 0 aromatic carbocycles. The van der Waals surface area contributed by atoms with E-state index in [1.165, 1.54) is 13.1 Å². The van der Waals surface area contributed by atoms with Gasteiger partial charge in [0, 0.05) is 25.7 Å². The summed E-state index contributed by atoms with van der Waals surface area (Å²) in [5, 5.41) is 6.78. The van der Waals surface area contributed by atoms with E-state index in [4.69, 9.17) is 0 Å². The summed E-state index contributed by atoms with van der Waals surface area (Å²) in [5.74, 6) is 0.681. The molecule has 0 spiro atoms. The topological polar surface area (TPSA) is 15.3 Å². The van der Waals surface area contributed by atoms with Crippen LogP contribution in [-0.4, -0.2) is 42.2 Å². The molecule has 2 nitrogen and oxygen atoms in total. The van der Waals surface area contributed by atoms with Gasteiger partial charge in [-0.2, -0.15) is 12.8 Å². The monoisotopic (exact) mass is 260 g/mol. The maximum atomic E-state index is 3.97. The summed E-state index contributed by atoms with van der Waals surface area (Å²) in [6.07, 6.45) is 2.03. The number of nitrogens with one attached hydrogen (secondary N) is 1. The van der Waals surface area contributed by atoms with Gasteiger partial charge in [-0.05, 0) is 13.5 Å². The van der Waals surface area contributed by atoms with Crippen LogP contribution in [0.1, 0.15) is 19.8 Å². The Hall–Kier alpha value is 0.413. The molecule has 3 heteroatoms. The van der Waals surface area contributed by atoms with E-state index in [0.29, 0.717) is 12.0 Å². The molecule has 86 valence electrons. The molecule has 1 atom stereocenters. The quantitative estimate of drug-likeness (QED) is 0.606. The number of hydrogen-bond acceptors (Lipinski definition) is 2. The van der Waals surface area contributed by atoms with Crippen molar-refractivity contribution in [2.75, 3.05) is 26.2 Å². The molecule has 1 saturated heterocycles. The van der Waals surface area contributed by atoms with Gasteiger partial charge in [0.15, 0.2) is 0 Å².